The number of amides is 2. The fourth-order valence-corrected chi connectivity index (χ4v) is 2.56. The summed E-state index contributed by atoms with van der Waals surface area (Å²) in [6.07, 6.45) is 3.33. The Morgan fingerprint density at radius 1 is 1.25 bits per heavy atom. The van der Waals surface area contributed by atoms with Crippen LogP contribution < -0.4 is 5.32 Å². The summed E-state index contributed by atoms with van der Waals surface area (Å²) < 4.78 is 0. The molecule has 4 heteroatoms. The topological polar surface area (TPSA) is 35.6 Å². The summed E-state index contributed by atoms with van der Waals surface area (Å²) in [5.74, 6) is 0. The van der Waals surface area contributed by atoms with Crippen molar-refractivity contribution in [1.82, 2.24) is 15.1 Å². The van der Waals surface area contributed by atoms with Crippen LogP contribution in [-0.2, 0) is 13.0 Å². The van der Waals surface area contributed by atoms with E-state index in [1.165, 1.54) is 11.1 Å². The zero-order valence-electron chi connectivity index (χ0n) is 12.6. The summed E-state index contributed by atoms with van der Waals surface area (Å²) in [4.78, 5) is 15.4. The molecule has 1 aromatic rings. The predicted molar refractivity (Wildman–Crippen MR) is 81.7 cm³/mol. The van der Waals surface area contributed by atoms with Crippen LogP contribution in [0.4, 0.5) is 4.79 Å². The van der Waals surface area contributed by atoms with Crippen LogP contribution in [0.1, 0.15) is 24.0 Å². The molecule has 0 spiro atoms. The van der Waals surface area contributed by atoms with Crippen molar-refractivity contribution in [3.63, 3.8) is 0 Å². The van der Waals surface area contributed by atoms with Crippen molar-refractivity contribution in [2.24, 2.45) is 0 Å². The molecule has 0 radical (unpaired) electrons. The zero-order chi connectivity index (χ0) is 14.4. The molecule has 110 valence electrons. The number of benzene rings is 1. The van der Waals surface area contributed by atoms with Gasteiger partial charge >= 0.3 is 6.03 Å². The fraction of sp³-hybridized carbons (Fsp3) is 0.562. The van der Waals surface area contributed by atoms with Crippen LogP contribution in [0.15, 0.2) is 24.3 Å². The smallest absolute Gasteiger partial charge is 0.316 e. The lowest BCUT2D eigenvalue weighted by Gasteiger charge is -2.28. The summed E-state index contributed by atoms with van der Waals surface area (Å²) in [6, 6.07) is 8.72. The van der Waals surface area contributed by atoms with E-state index in [-0.39, 0.29) is 6.03 Å². The van der Waals surface area contributed by atoms with Crippen molar-refractivity contribution in [3.8, 4) is 0 Å². The second-order valence-corrected chi connectivity index (χ2v) is 5.63. The molecule has 20 heavy (non-hydrogen) atoms. The first kappa shape index (κ1) is 14.9. The first-order chi connectivity index (χ1) is 9.66. The molecule has 0 bridgehead atoms. The highest BCUT2D eigenvalue weighted by molar-refractivity contribution is 5.73. The summed E-state index contributed by atoms with van der Waals surface area (Å²) in [7, 11) is 3.53. The van der Waals surface area contributed by atoms with Gasteiger partial charge in [0.25, 0.3) is 0 Å². The molecule has 0 aliphatic carbocycles. The number of urea groups is 1. The van der Waals surface area contributed by atoms with Gasteiger partial charge in [-0.1, -0.05) is 24.3 Å². The normalized spacial score (nSPS) is 14.7. The molecule has 2 rings (SSSR count). The Hall–Kier alpha value is -1.55. The second-order valence-electron chi connectivity index (χ2n) is 5.63. The monoisotopic (exact) mass is 275 g/mol. The van der Waals surface area contributed by atoms with E-state index < -0.39 is 0 Å². The van der Waals surface area contributed by atoms with Gasteiger partial charge in [-0.3, -0.25) is 4.90 Å². The molecular weight excluding hydrogens is 250 g/mol. The average molecular weight is 275 g/mol. The van der Waals surface area contributed by atoms with Gasteiger partial charge in [0.1, 0.15) is 0 Å². The van der Waals surface area contributed by atoms with E-state index in [2.05, 4.69) is 34.5 Å². The third-order valence-electron chi connectivity index (χ3n) is 3.79. The minimum atomic E-state index is -0.00287. The Morgan fingerprint density at radius 2 is 2.00 bits per heavy atom. The number of carbonyl (C=O) groups excluding carboxylic acids is 1. The second kappa shape index (κ2) is 7.29. The number of carbonyl (C=O) groups is 1. The Labute approximate surface area is 121 Å². The highest BCUT2D eigenvalue weighted by Crippen LogP contribution is 2.18. The van der Waals surface area contributed by atoms with Gasteiger partial charge in [-0.05, 0) is 36.9 Å². The number of nitrogens with one attached hydrogen (secondary N) is 1. The molecule has 1 aromatic carbocycles. The van der Waals surface area contributed by atoms with E-state index in [1.54, 1.807) is 19.0 Å². The molecule has 1 N–H and O–H groups in total. The summed E-state index contributed by atoms with van der Waals surface area (Å²) in [5.41, 5.74) is 2.97. The number of unbranched alkanes of at least 4 members (excludes halogenated alkanes) is 1. The van der Waals surface area contributed by atoms with E-state index >= 15 is 0 Å². The number of fused-ring (bicyclic) bond motifs is 1. The summed E-state index contributed by atoms with van der Waals surface area (Å²) >= 11 is 0. The molecule has 0 unspecified atom stereocenters. The molecule has 0 fully saturated rings. The van der Waals surface area contributed by atoms with E-state index in [4.69, 9.17) is 0 Å². The molecule has 0 saturated heterocycles. The van der Waals surface area contributed by atoms with Crippen LogP contribution in [0, 0.1) is 0 Å². The highest BCUT2D eigenvalue weighted by atomic mass is 16.2. The lowest BCUT2D eigenvalue weighted by atomic mass is 10.00. The molecule has 2 amide bonds. The van der Waals surface area contributed by atoms with Gasteiger partial charge in [0, 0.05) is 33.7 Å². The predicted octanol–water partition coefficient (Wildman–Crippen LogP) is 2.10. The lowest BCUT2D eigenvalue weighted by Crippen LogP contribution is -2.35. The van der Waals surface area contributed by atoms with E-state index in [0.29, 0.717) is 0 Å². The molecule has 0 aromatic heterocycles. The first-order valence-electron chi connectivity index (χ1n) is 7.41. The van der Waals surface area contributed by atoms with Crippen LogP contribution in [0.2, 0.25) is 0 Å². The van der Waals surface area contributed by atoms with Crippen LogP contribution in [0.25, 0.3) is 0 Å². The van der Waals surface area contributed by atoms with E-state index in [1.807, 2.05) is 0 Å². The first-order valence-corrected chi connectivity index (χ1v) is 7.41. The van der Waals surface area contributed by atoms with Crippen LogP contribution >= 0.6 is 0 Å². The Kier molecular flexibility index (Phi) is 5.41. The maximum absolute atomic E-state index is 11.3. The number of nitrogens with zero attached hydrogens (tertiary/aromatic N) is 2. The minimum absolute atomic E-state index is 0.00287. The van der Waals surface area contributed by atoms with Gasteiger partial charge in [0.2, 0.25) is 0 Å². The minimum Gasteiger partial charge on any atom is -0.338 e. The Bertz CT molecular complexity index is 445. The molecule has 1 aliphatic heterocycles. The largest absolute Gasteiger partial charge is 0.338 e. The lowest BCUT2D eigenvalue weighted by molar-refractivity contribution is 0.216. The van der Waals surface area contributed by atoms with Crippen LogP contribution in [0.3, 0.4) is 0 Å². The number of rotatable bonds is 5. The van der Waals surface area contributed by atoms with Crippen molar-refractivity contribution in [1.29, 1.82) is 0 Å². The molecule has 0 saturated carbocycles. The SMILES string of the molecule is CN(C)C(=O)NCCCCN1CCc2ccccc2C1. The van der Waals surface area contributed by atoms with E-state index in [0.717, 1.165) is 45.4 Å². The fourth-order valence-electron chi connectivity index (χ4n) is 2.56. The summed E-state index contributed by atoms with van der Waals surface area (Å²) in [6.45, 7) is 4.11. The van der Waals surface area contributed by atoms with Crippen molar-refractivity contribution < 1.29 is 4.79 Å². The third kappa shape index (κ3) is 4.23. The molecule has 4 nitrogen and oxygen atoms in total. The Morgan fingerprint density at radius 3 is 2.75 bits per heavy atom. The van der Waals surface area contributed by atoms with Gasteiger partial charge in [-0.2, -0.15) is 0 Å². The van der Waals surface area contributed by atoms with Crippen molar-refractivity contribution >= 4 is 6.03 Å². The van der Waals surface area contributed by atoms with Gasteiger partial charge < -0.3 is 10.2 Å². The van der Waals surface area contributed by atoms with Crippen molar-refractivity contribution in [2.75, 3.05) is 33.7 Å². The quantitative estimate of drug-likeness (QED) is 0.835. The third-order valence-corrected chi connectivity index (χ3v) is 3.79. The van der Waals surface area contributed by atoms with Crippen LogP contribution in [-0.4, -0.2) is 49.6 Å². The number of hydrogen-bond acceptors (Lipinski definition) is 2. The maximum atomic E-state index is 11.3. The van der Waals surface area contributed by atoms with Gasteiger partial charge in [0.15, 0.2) is 0 Å². The molecule has 1 aliphatic rings. The van der Waals surface area contributed by atoms with Crippen molar-refractivity contribution in [3.05, 3.63) is 35.4 Å². The van der Waals surface area contributed by atoms with E-state index in [9.17, 15) is 4.79 Å². The summed E-state index contributed by atoms with van der Waals surface area (Å²) in [5, 5.41) is 2.90. The highest BCUT2D eigenvalue weighted by Gasteiger charge is 2.14. The van der Waals surface area contributed by atoms with Gasteiger partial charge in [-0.15, -0.1) is 0 Å². The molecular formula is C16H25N3O. The van der Waals surface area contributed by atoms with Gasteiger partial charge in [-0.25, -0.2) is 4.79 Å². The molecule has 1 heterocycles. The number of hydrogen-bond donors (Lipinski definition) is 1. The van der Waals surface area contributed by atoms with Gasteiger partial charge in [0.05, 0.1) is 0 Å². The molecule has 0 atom stereocenters. The van der Waals surface area contributed by atoms with Crippen LogP contribution in [0.5, 0.6) is 0 Å². The zero-order valence-corrected chi connectivity index (χ0v) is 12.6. The Balaban J connectivity index is 1.63. The maximum Gasteiger partial charge on any atom is 0.316 e. The van der Waals surface area contributed by atoms with Crippen molar-refractivity contribution in [2.45, 2.75) is 25.8 Å². The standard InChI is InChI=1S/C16H25N3O/c1-18(2)16(20)17-10-5-6-11-19-12-9-14-7-3-4-8-15(14)13-19/h3-4,7-8H,5-6,9-13H2,1-2H3,(H,17,20). The average Bonchev–Trinajstić information content (AvgIpc) is 2.46.